The zero-order valence-corrected chi connectivity index (χ0v) is 19.0. The third-order valence-electron chi connectivity index (χ3n) is 5.72. The van der Waals surface area contributed by atoms with Crippen molar-refractivity contribution in [3.63, 3.8) is 0 Å². The van der Waals surface area contributed by atoms with E-state index >= 15 is 0 Å². The highest BCUT2D eigenvalue weighted by molar-refractivity contribution is 6.29. The van der Waals surface area contributed by atoms with Crippen LogP contribution in [-0.2, 0) is 30.5 Å². The van der Waals surface area contributed by atoms with Crippen LogP contribution in [0, 0.1) is 23.3 Å². The van der Waals surface area contributed by atoms with Crippen molar-refractivity contribution in [3.05, 3.63) is 69.9 Å². The molecule has 3 aromatic rings. The molecule has 1 aromatic carbocycles. The molecular formula is C22H17ClF7N5O. The fourth-order valence-electron chi connectivity index (χ4n) is 4.04. The Bertz CT molecular complexity index is 1330. The van der Waals surface area contributed by atoms with Gasteiger partial charge in [0.15, 0.2) is 22.6 Å². The molecule has 2 aromatic heterocycles. The second-order valence-corrected chi connectivity index (χ2v) is 8.54. The fraction of sp³-hybridized carbons (Fsp3) is 0.318. The van der Waals surface area contributed by atoms with Gasteiger partial charge < -0.3 is 15.2 Å². The van der Waals surface area contributed by atoms with E-state index in [2.05, 4.69) is 9.97 Å². The molecule has 4 rings (SSSR count). The van der Waals surface area contributed by atoms with Crippen LogP contribution in [0.5, 0.6) is 0 Å². The lowest BCUT2D eigenvalue weighted by molar-refractivity contribution is -0.148. The first-order valence-electron chi connectivity index (χ1n) is 10.5. The zero-order valence-electron chi connectivity index (χ0n) is 18.2. The summed E-state index contributed by atoms with van der Waals surface area (Å²) in [6.45, 7) is -0.754. The summed E-state index contributed by atoms with van der Waals surface area (Å²) in [6, 6.07) is 1.14. The van der Waals surface area contributed by atoms with E-state index in [1.165, 1.54) is 4.90 Å². The summed E-state index contributed by atoms with van der Waals surface area (Å²) in [6.07, 6.45) is -4.38. The van der Waals surface area contributed by atoms with Gasteiger partial charge in [0.2, 0.25) is 11.7 Å². The van der Waals surface area contributed by atoms with Gasteiger partial charge in [-0.2, -0.15) is 13.2 Å². The molecule has 36 heavy (non-hydrogen) atoms. The monoisotopic (exact) mass is 535 g/mol. The van der Waals surface area contributed by atoms with E-state index in [1.807, 2.05) is 0 Å². The van der Waals surface area contributed by atoms with Crippen molar-refractivity contribution < 1.29 is 35.5 Å². The lowest BCUT2D eigenvalue weighted by Crippen LogP contribution is -2.42. The number of imidazole rings is 1. The van der Waals surface area contributed by atoms with Crippen LogP contribution in [0.4, 0.5) is 30.7 Å². The Kier molecular flexibility index (Phi) is 6.97. The van der Waals surface area contributed by atoms with E-state index in [9.17, 15) is 35.5 Å². The number of alkyl halides is 3. The molecule has 192 valence electrons. The molecular weight excluding hydrogens is 519 g/mol. The van der Waals surface area contributed by atoms with E-state index in [-0.39, 0.29) is 55.0 Å². The van der Waals surface area contributed by atoms with Crippen molar-refractivity contribution in [2.75, 3.05) is 6.54 Å². The molecule has 1 atom stereocenters. The van der Waals surface area contributed by atoms with Gasteiger partial charge in [-0.1, -0.05) is 11.6 Å². The lowest BCUT2D eigenvalue weighted by Gasteiger charge is -2.30. The number of carbonyl (C=O) groups is 1. The molecule has 1 aliphatic heterocycles. The second-order valence-electron chi connectivity index (χ2n) is 8.18. The normalized spacial score (nSPS) is 14.6. The molecule has 0 spiro atoms. The number of fused-ring (bicyclic) bond motifs is 1. The quantitative estimate of drug-likeness (QED) is 0.297. The minimum atomic E-state index is -4.84. The van der Waals surface area contributed by atoms with Crippen molar-refractivity contribution in [1.82, 2.24) is 19.4 Å². The summed E-state index contributed by atoms with van der Waals surface area (Å²) >= 11 is 5.68. The average molecular weight is 536 g/mol. The number of hydrogen-bond acceptors (Lipinski definition) is 4. The van der Waals surface area contributed by atoms with E-state index < -0.39 is 52.4 Å². The van der Waals surface area contributed by atoms with Gasteiger partial charge in [0.1, 0.15) is 5.82 Å². The molecule has 3 heterocycles. The highest BCUT2D eigenvalue weighted by atomic mass is 35.5. The molecule has 0 aliphatic carbocycles. The van der Waals surface area contributed by atoms with Crippen molar-refractivity contribution in [2.24, 2.45) is 5.73 Å². The molecule has 0 saturated heterocycles. The van der Waals surface area contributed by atoms with Gasteiger partial charge in [0.25, 0.3) is 0 Å². The van der Waals surface area contributed by atoms with Crippen LogP contribution in [0.1, 0.15) is 23.5 Å². The van der Waals surface area contributed by atoms with Gasteiger partial charge in [-0.05, 0) is 24.1 Å². The maximum atomic E-state index is 14.6. The van der Waals surface area contributed by atoms with Gasteiger partial charge in [0.05, 0.1) is 17.9 Å². The maximum Gasteiger partial charge on any atom is 0.449 e. The van der Waals surface area contributed by atoms with E-state index in [4.69, 9.17) is 17.3 Å². The van der Waals surface area contributed by atoms with Crippen molar-refractivity contribution in [2.45, 2.75) is 38.1 Å². The first kappa shape index (κ1) is 25.9. The molecule has 0 unspecified atom stereocenters. The summed E-state index contributed by atoms with van der Waals surface area (Å²) in [7, 11) is 0. The van der Waals surface area contributed by atoms with Crippen LogP contribution in [-0.4, -0.2) is 37.9 Å². The number of aromatic nitrogens is 3. The number of nitrogens with zero attached hydrogens (tertiary/aromatic N) is 4. The minimum absolute atomic E-state index is 0.0664. The van der Waals surface area contributed by atoms with E-state index in [1.54, 1.807) is 0 Å². The van der Waals surface area contributed by atoms with Crippen LogP contribution in [0.2, 0.25) is 5.15 Å². The number of pyridine rings is 1. The number of benzene rings is 1. The number of rotatable bonds is 5. The predicted molar refractivity (Wildman–Crippen MR) is 113 cm³/mol. The Morgan fingerprint density at radius 2 is 1.81 bits per heavy atom. The number of hydrogen-bond donors (Lipinski definition) is 1. The number of carbonyl (C=O) groups excluding carboxylic acids is 1. The van der Waals surface area contributed by atoms with Crippen LogP contribution < -0.4 is 5.73 Å². The van der Waals surface area contributed by atoms with E-state index in [0.717, 1.165) is 16.8 Å². The van der Waals surface area contributed by atoms with Gasteiger partial charge in [0, 0.05) is 43.4 Å². The molecule has 6 nitrogen and oxygen atoms in total. The largest absolute Gasteiger partial charge is 0.449 e. The highest BCUT2D eigenvalue weighted by Crippen LogP contribution is 2.37. The minimum Gasteiger partial charge on any atom is -0.335 e. The molecule has 0 saturated carbocycles. The third-order valence-corrected chi connectivity index (χ3v) is 5.99. The zero-order chi connectivity index (χ0) is 26.4. The Balaban J connectivity index is 1.58. The first-order valence-corrected chi connectivity index (χ1v) is 10.9. The third kappa shape index (κ3) is 5.03. The number of halogens is 8. The Hall–Kier alpha value is -3.19. The smallest absolute Gasteiger partial charge is 0.335 e. The first-order chi connectivity index (χ1) is 16.9. The van der Waals surface area contributed by atoms with Crippen molar-refractivity contribution in [1.29, 1.82) is 0 Å². The van der Waals surface area contributed by atoms with E-state index in [0.29, 0.717) is 12.1 Å². The summed E-state index contributed by atoms with van der Waals surface area (Å²) in [5.41, 5.74) is 4.97. The lowest BCUT2D eigenvalue weighted by atomic mass is 10.0. The molecule has 0 radical (unpaired) electrons. The van der Waals surface area contributed by atoms with Crippen LogP contribution in [0.3, 0.4) is 0 Å². The number of amides is 1. The van der Waals surface area contributed by atoms with Crippen molar-refractivity contribution >= 4 is 17.5 Å². The van der Waals surface area contributed by atoms with Crippen LogP contribution in [0.15, 0.2) is 24.4 Å². The Morgan fingerprint density at radius 3 is 2.50 bits per heavy atom. The summed E-state index contributed by atoms with van der Waals surface area (Å²) in [5, 5.41) is -0.554. The van der Waals surface area contributed by atoms with Crippen LogP contribution >= 0.6 is 11.6 Å². The summed E-state index contributed by atoms with van der Waals surface area (Å²) < 4.78 is 96.8. The second kappa shape index (κ2) is 9.69. The summed E-state index contributed by atoms with van der Waals surface area (Å²) in [5.74, 6) is -6.56. The Morgan fingerprint density at radius 1 is 1.11 bits per heavy atom. The standard InChI is InChI=1S/C22H17ClF7N5O/c23-20-18(27)12(1-2-32-20)19-16-9-34(3-4-35(16)21(33-19)22(28,29)30)17(36)7-11(31)5-10-6-14(25)15(26)8-13(10)24/h1-2,6,8,11H,3-5,7,9,31H2/t11-/m1/s1. The molecule has 0 bridgehead atoms. The summed E-state index contributed by atoms with van der Waals surface area (Å²) in [4.78, 5) is 21.2. The van der Waals surface area contributed by atoms with Gasteiger partial charge in [-0.25, -0.2) is 27.5 Å². The average Bonchev–Trinajstić information content (AvgIpc) is 3.18. The number of nitrogens with two attached hydrogens (primary N) is 1. The Labute approximate surface area is 204 Å². The highest BCUT2D eigenvalue weighted by Gasteiger charge is 2.41. The predicted octanol–water partition coefficient (Wildman–Crippen LogP) is 4.48. The molecule has 1 aliphatic rings. The molecule has 1 amide bonds. The topological polar surface area (TPSA) is 77.0 Å². The van der Waals surface area contributed by atoms with Crippen molar-refractivity contribution in [3.8, 4) is 11.3 Å². The molecule has 14 heteroatoms. The van der Waals surface area contributed by atoms with Gasteiger partial charge in [-0.15, -0.1) is 0 Å². The maximum absolute atomic E-state index is 14.6. The fourth-order valence-corrected chi connectivity index (χ4v) is 4.20. The van der Waals surface area contributed by atoms with Crippen LogP contribution in [0.25, 0.3) is 11.3 Å². The van der Waals surface area contributed by atoms with Gasteiger partial charge >= 0.3 is 6.18 Å². The molecule has 0 fully saturated rings. The van der Waals surface area contributed by atoms with Gasteiger partial charge in [-0.3, -0.25) is 4.79 Å². The SMILES string of the molecule is N[C@@H](CC(=O)N1CCn2c(C(F)(F)F)nc(-c3ccnc(Cl)c3F)c2C1)Cc1cc(F)c(F)cc1F. The molecule has 2 N–H and O–H groups in total.